The summed E-state index contributed by atoms with van der Waals surface area (Å²) < 4.78 is 27.4. The first kappa shape index (κ1) is 19.6. The number of halogens is 2. The van der Waals surface area contributed by atoms with Crippen LogP contribution in [0, 0.1) is 11.6 Å². The molecule has 0 radical (unpaired) electrons. The molecule has 2 amide bonds. The molecule has 138 valence electrons. The zero-order valence-corrected chi connectivity index (χ0v) is 14.9. The molecule has 0 unspecified atom stereocenters. The third kappa shape index (κ3) is 4.65. The van der Waals surface area contributed by atoms with Gasteiger partial charge < -0.3 is 10.2 Å². The highest BCUT2D eigenvalue weighted by Gasteiger charge is 2.17. The molecule has 6 heteroatoms. The Morgan fingerprint density at radius 2 is 1.46 bits per heavy atom. The maximum Gasteiger partial charge on any atom is 0.255 e. The Bertz CT molecular complexity index is 767. The van der Waals surface area contributed by atoms with Crippen molar-refractivity contribution in [2.24, 2.45) is 0 Å². The number of carbonyl (C=O) groups is 2. The molecule has 2 rings (SSSR count). The maximum atomic E-state index is 13.7. The number of para-hydroxylation sites is 1. The van der Waals surface area contributed by atoms with Crippen LogP contribution in [0.4, 0.5) is 14.5 Å². The Kier molecular flexibility index (Phi) is 6.83. The summed E-state index contributed by atoms with van der Waals surface area (Å²) in [7, 11) is 0. The van der Waals surface area contributed by atoms with Crippen LogP contribution in [0.15, 0.2) is 42.5 Å². The third-order valence-corrected chi connectivity index (χ3v) is 3.85. The van der Waals surface area contributed by atoms with Crippen LogP contribution in [-0.4, -0.2) is 29.8 Å². The zero-order chi connectivity index (χ0) is 19.1. The van der Waals surface area contributed by atoms with Crippen LogP contribution in [0.2, 0.25) is 0 Å². The second-order valence-corrected chi connectivity index (χ2v) is 5.92. The van der Waals surface area contributed by atoms with Gasteiger partial charge in [-0.3, -0.25) is 9.59 Å². The fraction of sp³-hybridized carbons (Fsp3) is 0.300. The Morgan fingerprint density at radius 1 is 0.923 bits per heavy atom. The van der Waals surface area contributed by atoms with Gasteiger partial charge in [0, 0.05) is 24.2 Å². The molecule has 2 aromatic rings. The van der Waals surface area contributed by atoms with Gasteiger partial charge in [-0.25, -0.2) is 8.78 Å². The lowest BCUT2D eigenvalue weighted by Gasteiger charge is -2.21. The van der Waals surface area contributed by atoms with Crippen LogP contribution >= 0.6 is 0 Å². The van der Waals surface area contributed by atoms with E-state index in [1.54, 1.807) is 17.0 Å². The van der Waals surface area contributed by atoms with Crippen LogP contribution < -0.4 is 5.32 Å². The van der Waals surface area contributed by atoms with Crippen LogP contribution in [0.25, 0.3) is 0 Å². The van der Waals surface area contributed by atoms with Crippen molar-refractivity contribution in [2.75, 3.05) is 18.4 Å². The molecule has 0 aliphatic carbocycles. The summed E-state index contributed by atoms with van der Waals surface area (Å²) in [4.78, 5) is 26.7. The molecular weight excluding hydrogens is 338 g/mol. The fourth-order valence-corrected chi connectivity index (χ4v) is 2.63. The standard InChI is InChI=1S/C20H22F2N2O2/c1-3-11-24(12-4-2)20(26)15-8-5-7-14(13-15)19(25)23-18-16(21)9-6-10-17(18)22/h5-10,13H,3-4,11-12H2,1-2H3,(H,23,25). The predicted octanol–water partition coefficient (Wildman–Crippen LogP) is 4.48. The molecule has 0 fully saturated rings. The first-order chi connectivity index (χ1) is 12.5. The van der Waals surface area contributed by atoms with Gasteiger partial charge in [0.25, 0.3) is 11.8 Å². The number of anilines is 1. The highest BCUT2D eigenvalue weighted by molar-refractivity contribution is 6.06. The molecule has 0 saturated carbocycles. The van der Waals surface area contributed by atoms with E-state index in [1.165, 1.54) is 18.2 Å². The number of nitrogens with one attached hydrogen (secondary N) is 1. The van der Waals surface area contributed by atoms with E-state index in [0.29, 0.717) is 18.7 Å². The number of hydrogen-bond donors (Lipinski definition) is 1. The normalized spacial score (nSPS) is 10.5. The fourth-order valence-electron chi connectivity index (χ4n) is 2.63. The van der Waals surface area contributed by atoms with E-state index in [4.69, 9.17) is 0 Å². The molecule has 1 N–H and O–H groups in total. The molecule has 26 heavy (non-hydrogen) atoms. The quantitative estimate of drug-likeness (QED) is 0.791. The summed E-state index contributed by atoms with van der Waals surface area (Å²) in [6.45, 7) is 5.23. The van der Waals surface area contributed by atoms with Crippen molar-refractivity contribution in [3.05, 3.63) is 65.2 Å². The predicted molar refractivity (Wildman–Crippen MR) is 97.2 cm³/mol. The van der Waals surface area contributed by atoms with Gasteiger partial charge in [0.2, 0.25) is 0 Å². The van der Waals surface area contributed by atoms with Gasteiger partial charge in [-0.2, -0.15) is 0 Å². The Hall–Kier alpha value is -2.76. The average Bonchev–Trinajstić information content (AvgIpc) is 2.64. The average molecular weight is 360 g/mol. The Morgan fingerprint density at radius 3 is 2.04 bits per heavy atom. The van der Waals surface area contributed by atoms with Crippen LogP contribution in [0.1, 0.15) is 47.4 Å². The summed E-state index contributed by atoms with van der Waals surface area (Å²) in [5.74, 6) is -2.56. The van der Waals surface area contributed by atoms with E-state index in [2.05, 4.69) is 5.32 Å². The van der Waals surface area contributed by atoms with Gasteiger partial charge in [0.05, 0.1) is 0 Å². The minimum atomic E-state index is -0.859. The van der Waals surface area contributed by atoms with Gasteiger partial charge in [0.1, 0.15) is 17.3 Å². The minimum Gasteiger partial charge on any atom is -0.339 e. The molecule has 0 aromatic heterocycles. The molecule has 0 saturated heterocycles. The number of hydrogen-bond acceptors (Lipinski definition) is 2. The van der Waals surface area contributed by atoms with E-state index >= 15 is 0 Å². The largest absolute Gasteiger partial charge is 0.339 e. The van der Waals surface area contributed by atoms with Crippen molar-refractivity contribution in [1.82, 2.24) is 4.90 Å². The van der Waals surface area contributed by atoms with Crippen LogP contribution in [-0.2, 0) is 0 Å². The van der Waals surface area contributed by atoms with Gasteiger partial charge in [-0.05, 0) is 43.2 Å². The molecule has 0 aliphatic heterocycles. The first-order valence-electron chi connectivity index (χ1n) is 8.62. The highest BCUT2D eigenvalue weighted by Crippen LogP contribution is 2.19. The second-order valence-electron chi connectivity index (χ2n) is 5.92. The van der Waals surface area contributed by atoms with Crippen molar-refractivity contribution in [3.8, 4) is 0 Å². The number of carbonyl (C=O) groups excluding carboxylic acids is 2. The van der Waals surface area contributed by atoms with E-state index in [1.807, 2.05) is 13.8 Å². The SMILES string of the molecule is CCCN(CCC)C(=O)c1cccc(C(=O)Nc2c(F)cccc2F)c1. The first-order valence-corrected chi connectivity index (χ1v) is 8.62. The number of amides is 2. The lowest BCUT2D eigenvalue weighted by Crippen LogP contribution is -2.32. The van der Waals surface area contributed by atoms with Gasteiger partial charge in [-0.15, -0.1) is 0 Å². The summed E-state index contributed by atoms with van der Waals surface area (Å²) in [6, 6.07) is 9.48. The van der Waals surface area contributed by atoms with Crippen molar-refractivity contribution in [1.29, 1.82) is 0 Å². The summed E-state index contributed by atoms with van der Waals surface area (Å²) in [6.07, 6.45) is 1.66. The molecule has 0 spiro atoms. The van der Waals surface area contributed by atoms with Crippen molar-refractivity contribution < 1.29 is 18.4 Å². The second kappa shape index (κ2) is 9.08. The van der Waals surface area contributed by atoms with E-state index in [-0.39, 0.29) is 11.5 Å². The monoisotopic (exact) mass is 360 g/mol. The maximum absolute atomic E-state index is 13.7. The highest BCUT2D eigenvalue weighted by atomic mass is 19.1. The summed E-state index contributed by atoms with van der Waals surface area (Å²) in [5.41, 5.74) is 0.0211. The molecule has 0 heterocycles. The lowest BCUT2D eigenvalue weighted by molar-refractivity contribution is 0.0755. The number of benzene rings is 2. The van der Waals surface area contributed by atoms with E-state index < -0.39 is 23.2 Å². The smallest absolute Gasteiger partial charge is 0.255 e. The number of nitrogens with zero attached hydrogens (tertiary/aromatic N) is 1. The minimum absolute atomic E-state index is 0.159. The Labute approximate surface area is 151 Å². The lowest BCUT2D eigenvalue weighted by atomic mass is 10.1. The van der Waals surface area contributed by atoms with Gasteiger partial charge >= 0.3 is 0 Å². The molecule has 0 atom stereocenters. The third-order valence-electron chi connectivity index (χ3n) is 3.85. The van der Waals surface area contributed by atoms with Crippen molar-refractivity contribution in [2.45, 2.75) is 26.7 Å². The molecule has 0 aliphatic rings. The topological polar surface area (TPSA) is 49.4 Å². The van der Waals surface area contributed by atoms with E-state index in [9.17, 15) is 18.4 Å². The Balaban J connectivity index is 2.22. The van der Waals surface area contributed by atoms with Gasteiger partial charge in [-0.1, -0.05) is 26.0 Å². The van der Waals surface area contributed by atoms with Gasteiger partial charge in [0.15, 0.2) is 0 Å². The van der Waals surface area contributed by atoms with Crippen LogP contribution in [0.5, 0.6) is 0 Å². The van der Waals surface area contributed by atoms with Crippen molar-refractivity contribution in [3.63, 3.8) is 0 Å². The summed E-state index contributed by atoms with van der Waals surface area (Å²) >= 11 is 0. The molecule has 2 aromatic carbocycles. The molecule has 0 bridgehead atoms. The summed E-state index contributed by atoms with van der Waals surface area (Å²) in [5, 5.41) is 2.23. The van der Waals surface area contributed by atoms with E-state index in [0.717, 1.165) is 25.0 Å². The van der Waals surface area contributed by atoms with Crippen LogP contribution in [0.3, 0.4) is 0 Å². The molecule has 4 nitrogen and oxygen atoms in total. The zero-order valence-electron chi connectivity index (χ0n) is 14.9. The van der Waals surface area contributed by atoms with Crippen molar-refractivity contribution >= 4 is 17.5 Å². The molecular formula is C20H22F2N2O2. The number of rotatable bonds is 7.